The van der Waals surface area contributed by atoms with Gasteiger partial charge in [-0.1, -0.05) is 12.8 Å². The Kier molecular flexibility index (Phi) is 4.85. The summed E-state index contributed by atoms with van der Waals surface area (Å²) in [7, 11) is 0. The molecule has 0 aromatic heterocycles. The summed E-state index contributed by atoms with van der Waals surface area (Å²) >= 11 is 0. The van der Waals surface area contributed by atoms with Gasteiger partial charge in [-0.25, -0.2) is 0 Å². The van der Waals surface area contributed by atoms with Gasteiger partial charge in [-0.3, -0.25) is 0 Å². The van der Waals surface area contributed by atoms with Crippen LogP contribution in [-0.4, -0.2) is 36.5 Å². The van der Waals surface area contributed by atoms with Crippen LogP contribution in [0.4, 0.5) is 0 Å². The van der Waals surface area contributed by atoms with E-state index in [0.717, 1.165) is 26.0 Å². The average Bonchev–Trinajstić information content (AvgIpc) is 2.62. The van der Waals surface area contributed by atoms with Gasteiger partial charge in [0.15, 0.2) is 0 Å². The van der Waals surface area contributed by atoms with E-state index < -0.39 is 0 Å². The van der Waals surface area contributed by atoms with Gasteiger partial charge in [0, 0.05) is 12.1 Å². The van der Waals surface area contributed by atoms with Gasteiger partial charge in [0.1, 0.15) is 0 Å². The molecule has 84 valence electrons. The number of rotatable bonds is 6. The molecule has 1 aliphatic rings. The highest BCUT2D eigenvalue weighted by Gasteiger charge is 2.32. The third kappa shape index (κ3) is 3.56. The first-order valence-electron chi connectivity index (χ1n) is 5.66. The lowest BCUT2D eigenvalue weighted by Gasteiger charge is -2.28. The Morgan fingerprint density at radius 1 is 1.36 bits per heavy atom. The minimum Gasteiger partial charge on any atom is -0.394 e. The van der Waals surface area contributed by atoms with E-state index in [1.807, 2.05) is 13.8 Å². The van der Waals surface area contributed by atoms with Gasteiger partial charge in [-0.2, -0.15) is 0 Å². The molecular formula is C11H23NO2. The molecule has 0 aromatic carbocycles. The molecule has 0 aromatic rings. The van der Waals surface area contributed by atoms with Gasteiger partial charge >= 0.3 is 0 Å². The minimum absolute atomic E-state index is 0.000337. The Balaban J connectivity index is 2.15. The Labute approximate surface area is 86.8 Å². The summed E-state index contributed by atoms with van der Waals surface area (Å²) < 4.78 is 5.45. The Bertz CT molecular complexity index is 153. The van der Waals surface area contributed by atoms with Crippen molar-refractivity contribution in [2.75, 3.05) is 19.8 Å². The molecule has 1 aliphatic carbocycles. The molecule has 1 fully saturated rings. The second kappa shape index (κ2) is 5.69. The van der Waals surface area contributed by atoms with Gasteiger partial charge in [-0.15, -0.1) is 0 Å². The van der Waals surface area contributed by atoms with Crippen molar-refractivity contribution < 1.29 is 9.84 Å². The molecule has 2 N–H and O–H groups in total. The fourth-order valence-corrected chi connectivity index (χ4v) is 2.05. The topological polar surface area (TPSA) is 41.5 Å². The van der Waals surface area contributed by atoms with Gasteiger partial charge in [0.05, 0.1) is 19.3 Å². The van der Waals surface area contributed by atoms with Crippen molar-refractivity contribution in [1.29, 1.82) is 0 Å². The second-order valence-electron chi connectivity index (χ2n) is 4.49. The van der Waals surface area contributed by atoms with E-state index in [4.69, 9.17) is 4.74 Å². The van der Waals surface area contributed by atoms with E-state index in [1.165, 1.54) is 12.8 Å². The summed E-state index contributed by atoms with van der Waals surface area (Å²) in [5.41, 5.74) is 0.000337. The van der Waals surface area contributed by atoms with Crippen molar-refractivity contribution in [2.24, 2.45) is 0 Å². The van der Waals surface area contributed by atoms with Gasteiger partial charge < -0.3 is 15.2 Å². The maximum atomic E-state index is 9.32. The smallest absolute Gasteiger partial charge is 0.0613 e. The predicted molar refractivity (Wildman–Crippen MR) is 57.4 cm³/mol. The van der Waals surface area contributed by atoms with Crippen molar-refractivity contribution in [3.8, 4) is 0 Å². The Morgan fingerprint density at radius 3 is 2.50 bits per heavy atom. The summed E-state index contributed by atoms with van der Waals surface area (Å²) in [4.78, 5) is 0. The van der Waals surface area contributed by atoms with Crippen LogP contribution in [0.3, 0.4) is 0 Å². The lowest BCUT2D eigenvalue weighted by Crippen LogP contribution is -2.47. The van der Waals surface area contributed by atoms with Crippen molar-refractivity contribution in [1.82, 2.24) is 5.32 Å². The lowest BCUT2D eigenvalue weighted by molar-refractivity contribution is 0.0704. The maximum Gasteiger partial charge on any atom is 0.0613 e. The molecular weight excluding hydrogens is 178 g/mol. The highest BCUT2D eigenvalue weighted by molar-refractivity contribution is 4.91. The molecule has 0 atom stereocenters. The zero-order valence-corrected chi connectivity index (χ0v) is 9.38. The highest BCUT2D eigenvalue weighted by atomic mass is 16.5. The van der Waals surface area contributed by atoms with Crippen LogP contribution in [0.15, 0.2) is 0 Å². The summed E-state index contributed by atoms with van der Waals surface area (Å²) in [6, 6.07) is 0. The first-order valence-corrected chi connectivity index (χ1v) is 5.66. The number of hydrogen-bond acceptors (Lipinski definition) is 3. The van der Waals surface area contributed by atoms with Crippen LogP contribution in [0.25, 0.3) is 0 Å². The molecule has 0 saturated heterocycles. The zero-order valence-electron chi connectivity index (χ0n) is 9.38. The van der Waals surface area contributed by atoms with E-state index in [0.29, 0.717) is 6.10 Å². The van der Waals surface area contributed by atoms with Crippen molar-refractivity contribution in [3.05, 3.63) is 0 Å². The molecule has 0 radical (unpaired) electrons. The monoisotopic (exact) mass is 201 g/mol. The van der Waals surface area contributed by atoms with Crippen molar-refractivity contribution >= 4 is 0 Å². The summed E-state index contributed by atoms with van der Waals surface area (Å²) in [6.45, 7) is 5.92. The third-order valence-electron chi connectivity index (χ3n) is 2.92. The van der Waals surface area contributed by atoms with Crippen LogP contribution < -0.4 is 5.32 Å². The molecule has 14 heavy (non-hydrogen) atoms. The maximum absolute atomic E-state index is 9.32. The Hall–Kier alpha value is -0.120. The van der Waals surface area contributed by atoms with Crippen LogP contribution in [0.1, 0.15) is 39.5 Å². The molecule has 0 heterocycles. The van der Waals surface area contributed by atoms with Gasteiger partial charge in [-0.05, 0) is 26.7 Å². The van der Waals surface area contributed by atoms with Crippen LogP contribution in [0, 0.1) is 0 Å². The zero-order chi connectivity index (χ0) is 10.4. The summed E-state index contributed by atoms with van der Waals surface area (Å²) in [6.07, 6.45) is 4.97. The second-order valence-corrected chi connectivity index (χ2v) is 4.49. The number of hydrogen-bond donors (Lipinski definition) is 2. The lowest BCUT2D eigenvalue weighted by atomic mass is 9.99. The molecule has 1 saturated carbocycles. The van der Waals surface area contributed by atoms with Gasteiger partial charge in [0.25, 0.3) is 0 Å². The quantitative estimate of drug-likeness (QED) is 0.637. The first-order chi connectivity index (χ1) is 6.68. The van der Waals surface area contributed by atoms with E-state index in [2.05, 4.69) is 5.32 Å². The SMILES string of the molecule is CC(C)OCCNC1(CO)CCCC1. The van der Waals surface area contributed by atoms with E-state index >= 15 is 0 Å². The highest BCUT2D eigenvalue weighted by Crippen LogP contribution is 2.28. The van der Waals surface area contributed by atoms with Crippen LogP contribution in [0.2, 0.25) is 0 Å². The largest absolute Gasteiger partial charge is 0.394 e. The van der Waals surface area contributed by atoms with Gasteiger partial charge in [0.2, 0.25) is 0 Å². The predicted octanol–water partition coefficient (Wildman–Crippen LogP) is 1.31. The number of ether oxygens (including phenoxy) is 1. The van der Waals surface area contributed by atoms with Crippen LogP contribution >= 0.6 is 0 Å². The Morgan fingerprint density at radius 2 is 2.00 bits per heavy atom. The molecule has 0 aliphatic heterocycles. The van der Waals surface area contributed by atoms with E-state index in [-0.39, 0.29) is 12.1 Å². The fourth-order valence-electron chi connectivity index (χ4n) is 2.05. The molecule has 0 unspecified atom stereocenters. The summed E-state index contributed by atoms with van der Waals surface area (Å²) in [5, 5.41) is 12.7. The average molecular weight is 201 g/mol. The standard InChI is InChI=1S/C11H23NO2/c1-10(2)14-8-7-12-11(9-13)5-3-4-6-11/h10,12-13H,3-9H2,1-2H3. The molecule has 1 rings (SSSR count). The van der Waals surface area contributed by atoms with Crippen LogP contribution in [-0.2, 0) is 4.74 Å². The molecule has 3 heteroatoms. The molecule has 0 bridgehead atoms. The van der Waals surface area contributed by atoms with Crippen molar-refractivity contribution in [3.63, 3.8) is 0 Å². The van der Waals surface area contributed by atoms with E-state index in [9.17, 15) is 5.11 Å². The van der Waals surface area contributed by atoms with E-state index in [1.54, 1.807) is 0 Å². The molecule has 0 amide bonds. The van der Waals surface area contributed by atoms with Crippen molar-refractivity contribution in [2.45, 2.75) is 51.2 Å². The first kappa shape index (κ1) is 12.0. The molecule has 3 nitrogen and oxygen atoms in total. The number of nitrogens with one attached hydrogen (secondary N) is 1. The summed E-state index contributed by atoms with van der Waals surface area (Å²) in [5.74, 6) is 0. The van der Waals surface area contributed by atoms with Crippen LogP contribution in [0.5, 0.6) is 0 Å². The fraction of sp³-hybridized carbons (Fsp3) is 1.00. The number of aliphatic hydroxyl groups is 1. The minimum atomic E-state index is 0.000337. The number of aliphatic hydroxyl groups excluding tert-OH is 1. The normalized spacial score (nSPS) is 20.6. The molecule has 0 spiro atoms. The third-order valence-corrected chi connectivity index (χ3v) is 2.92.